The number of fused-ring (bicyclic) bond motifs is 5. The summed E-state index contributed by atoms with van der Waals surface area (Å²) in [5.41, 5.74) is 6.90. The van der Waals surface area contributed by atoms with Crippen LogP contribution in [0.4, 0.5) is 5.69 Å². The average molecular weight is 621 g/mol. The van der Waals surface area contributed by atoms with E-state index in [4.69, 9.17) is 14.5 Å². The first kappa shape index (κ1) is 30.5. The molecule has 0 bridgehead atoms. The number of piperidine rings is 2. The van der Waals surface area contributed by atoms with Gasteiger partial charge in [0.1, 0.15) is 13.2 Å². The lowest BCUT2D eigenvalue weighted by Gasteiger charge is -2.34. The van der Waals surface area contributed by atoms with Crippen LogP contribution in [0.15, 0.2) is 24.3 Å². The number of rotatable bonds is 11. The first-order valence-corrected chi connectivity index (χ1v) is 18.4. The van der Waals surface area contributed by atoms with Crippen molar-refractivity contribution in [3.05, 3.63) is 34.7 Å². The fourth-order valence-electron chi connectivity index (χ4n) is 8.27. The van der Waals surface area contributed by atoms with E-state index in [9.17, 15) is 0 Å². The molecule has 8 heteroatoms. The molecular weight excluding hydrogens is 568 g/mol. The van der Waals surface area contributed by atoms with Gasteiger partial charge in [0.2, 0.25) is 0 Å². The van der Waals surface area contributed by atoms with E-state index in [2.05, 4.69) is 43.5 Å². The summed E-state index contributed by atoms with van der Waals surface area (Å²) in [5.74, 6) is 1.70. The zero-order valence-electron chi connectivity index (χ0n) is 26.9. The second-order valence-electron chi connectivity index (χ2n) is 13.4. The Hall–Kier alpha value is -2.10. The molecule has 7 rings (SSSR count). The monoisotopic (exact) mass is 620 g/mol. The molecule has 4 aliphatic rings. The Morgan fingerprint density at radius 2 is 1.55 bits per heavy atom. The largest absolute Gasteiger partial charge is 0.489 e. The Morgan fingerprint density at radius 1 is 0.864 bits per heavy atom. The van der Waals surface area contributed by atoms with Crippen molar-refractivity contribution in [1.82, 2.24) is 14.4 Å². The first-order chi connectivity index (χ1) is 21.8. The number of ether oxygens (including phenoxy) is 1. The van der Waals surface area contributed by atoms with E-state index in [1.165, 1.54) is 129 Å². The van der Waals surface area contributed by atoms with E-state index in [1.54, 1.807) is 12.7 Å². The Balaban J connectivity index is 1.27. The predicted molar refractivity (Wildman–Crippen MR) is 181 cm³/mol. The third-order valence-corrected chi connectivity index (χ3v) is 11.7. The highest BCUT2D eigenvalue weighted by Crippen LogP contribution is 2.51. The molecule has 0 radical (unpaired) electrons. The number of benzene rings is 1. The molecular formula is C36H52N4O3S. The fraction of sp³-hybridized carbons (Fsp3) is 0.667. The SMILES string of the molecule is COOCc1cc2c(s1)c(C1CCCCC1)c1n2CCOc2c-1cccc2N(CCN1CCCCC1)CCN1CCCCC1. The van der Waals surface area contributed by atoms with Crippen molar-refractivity contribution < 1.29 is 14.5 Å². The fourth-order valence-corrected chi connectivity index (χ4v) is 9.46. The number of thiophene rings is 1. The Morgan fingerprint density at radius 3 is 2.23 bits per heavy atom. The van der Waals surface area contributed by atoms with Gasteiger partial charge in [0, 0.05) is 36.6 Å². The Kier molecular flexibility index (Phi) is 10.1. The van der Waals surface area contributed by atoms with Crippen molar-refractivity contribution in [3.8, 4) is 17.0 Å². The summed E-state index contributed by atoms with van der Waals surface area (Å²) < 4.78 is 10.8. The van der Waals surface area contributed by atoms with Gasteiger partial charge in [0.25, 0.3) is 0 Å². The number of para-hydroxylation sites is 1. The second kappa shape index (κ2) is 14.5. The summed E-state index contributed by atoms with van der Waals surface area (Å²) in [6.45, 7) is 11.4. The highest BCUT2D eigenvalue weighted by Gasteiger charge is 2.32. The average Bonchev–Trinajstić information content (AvgIpc) is 3.55. The van der Waals surface area contributed by atoms with Crippen molar-refractivity contribution in [1.29, 1.82) is 0 Å². The number of hydrogen-bond donors (Lipinski definition) is 0. The standard InChI is InChI=1S/C36H52N4O3S/c1-41-43-27-29-26-32-36(44-29)33(28-12-5-2-6-13-28)34-30-14-11-15-31(35(30)42-25-24-40(32)34)39(22-20-37-16-7-3-8-17-37)23-21-38-18-9-4-10-19-38/h11,14-15,26,28H,2-10,12-13,16-25,27H2,1H3. The summed E-state index contributed by atoms with van der Waals surface area (Å²) in [6.07, 6.45) is 14.7. The van der Waals surface area contributed by atoms with E-state index in [-0.39, 0.29) is 0 Å². The Bertz CT molecular complexity index is 1350. The lowest BCUT2D eigenvalue weighted by Crippen LogP contribution is -2.42. The molecule has 1 aromatic carbocycles. The molecule has 2 aromatic heterocycles. The van der Waals surface area contributed by atoms with Gasteiger partial charge in [-0.1, -0.05) is 38.2 Å². The van der Waals surface area contributed by atoms with Gasteiger partial charge >= 0.3 is 0 Å². The molecule has 1 aliphatic carbocycles. The van der Waals surface area contributed by atoms with Crippen molar-refractivity contribution in [2.45, 2.75) is 89.7 Å². The third-order valence-electron chi connectivity index (χ3n) is 10.6. The minimum absolute atomic E-state index is 0.496. The van der Waals surface area contributed by atoms with Crippen molar-refractivity contribution >= 4 is 27.2 Å². The maximum Gasteiger partial charge on any atom is 0.152 e. The van der Waals surface area contributed by atoms with E-state index in [1.807, 2.05) is 11.3 Å². The molecule has 1 saturated carbocycles. The quantitative estimate of drug-likeness (QED) is 0.162. The normalized spacial score (nSPS) is 20.3. The van der Waals surface area contributed by atoms with Gasteiger partial charge in [-0.25, -0.2) is 9.78 Å². The number of aromatic nitrogens is 1. The van der Waals surface area contributed by atoms with E-state index < -0.39 is 0 Å². The smallest absolute Gasteiger partial charge is 0.152 e. The van der Waals surface area contributed by atoms with Crippen LogP contribution in [-0.2, 0) is 22.9 Å². The molecule has 0 spiro atoms. The van der Waals surface area contributed by atoms with Gasteiger partial charge in [-0.2, -0.15) is 0 Å². The molecule has 44 heavy (non-hydrogen) atoms. The first-order valence-electron chi connectivity index (χ1n) is 17.6. The minimum atomic E-state index is 0.496. The molecule has 2 saturated heterocycles. The summed E-state index contributed by atoms with van der Waals surface area (Å²) >= 11 is 1.90. The third kappa shape index (κ3) is 6.57. The number of hydrogen-bond acceptors (Lipinski definition) is 7. The molecule has 5 heterocycles. The molecule has 0 atom stereocenters. The summed E-state index contributed by atoms with van der Waals surface area (Å²) in [7, 11) is 1.59. The maximum atomic E-state index is 6.82. The maximum absolute atomic E-state index is 6.82. The Labute approximate surface area is 268 Å². The van der Waals surface area contributed by atoms with Crippen LogP contribution in [-0.4, -0.2) is 80.4 Å². The van der Waals surface area contributed by atoms with Crippen LogP contribution < -0.4 is 9.64 Å². The van der Waals surface area contributed by atoms with Gasteiger partial charge in [0.05, 0.1) is 35.3 Å². The molecule has 240 valence electrons. The minimum Gasteiger partial charge on any atom is -0.489 e. The highest BCUT2D eigenvalue weighted by atomic mass is 32.1. The van der Waals surface area contributed by atoms with Crippen LogP contribution in [0.1, 0.15) is 87.0 Å². The van der Waals surface area contributed by atoms with Crippen LogP contribution in [0.5, 0.6) is 5.75 Å². The zero-order valence-corrected chi connectivity index (χ0v) is 27.7. The van der Waals surface area contributed by atoms with Crippen LogP contribution in [0.3, 0.4) is 0 Å². The van der Waals surface area contributed by atoms with Gasteiger partial charge in [-0.3, -0.25) is 0 Å². The van der Waals surface area contributed by atoms with E-state index in [0.717, 1.165) is 38.5 Å². The highest BCUT2D eigenvalue weighted by molar-refractivity contribution is 7.19. The van der Waals surface area contributed by atoms with Gasteiger partial charge in [-0.05, 0) is 94.4 Å². The molecule has 3 aromatic rings. The van der Waals surface area contributed by atoms with Crippen LogP contribution in [0.2, 0.25) is 0 Å². The van der Waals surface area contributed by atoms with E-state index >= 15 is 0 Å². The lowest BCUT2D eigenvalue weighted by atomic mass is 9.83. The van der Waals surface area contributed by atoms with E-state index in [0.29, 0.717) is 19.1 Å². The second-order valence-corrected chi connectivity index (χ2v) is 14.5. The molecule has 0 unspecified atom stereocenters. The van der Waals surface area contributed by atoms with Crippen LogP contribution >= 0.6 is 11.3 Å². The van der Waals surface area contributed by atoms with Crippen molar-refractivity contribution in [2.75, 3.05) is 71.0 Å². The van der Waals surface area contributed by atoms with Crippen LogP contribution in [0.25, 0.3) is 21.5 Å². The topological polar surface area (TPSA) is 42.3 Å². The summed E-state index contributed by atoms with van der Waals surface area (Å²) in [5, 5.41) is 0. The lowest BCUT2D eigenvalue weighted by molar-refractivity contribution is -0.281. The number of anilines is 1. The zero-order chi connectivity index (χ0) is 29.7. The molecule has 0 amide bonds. The molecule has 3 fully saturated rings. The van der Waals surface area contributed by atoms with Gasteiger partial charge in [-0.15, -0.1) is 11.3 Å². The van der Waals surface area contributed by atoms with Crippen molar-refractivity contribution in [3.63, 3.8) is 0 Å². The summed E-state index contributed by atoms with van der Waals surface area (Å²) in [6, 6.07) is 9.32. The number of nitrogens with zero attached hydrogens (tertiary/aromatic N) is 4. The van der Waals surface area contributed by atoms with Crippen molar-refractivity contribution in [2.24, 2.45) is 0 Å². The molecule has 7 nitrogen and oxygen atoms in total. The molecule has 3 aliphatic heterocycles. The molecule has 0 N–H and O–H groups in total. The predicted octanol–water partition coefficient (Wildman–Crippen LogP) is 7.67. The number of likely N-dealkylation sites (tertiary alicyclic amines) is 2. The van der Waals surface area contributed by atoms with Gasteiger partial charge < -0.3 is 24.0 Å². The summed E-state index contributed by atoms with van der Waals surface area (Å²) in [4.78, 5) is 19.6. The van der Waals surface area contributed by atoms with Gasteiger partial charge in [0.15, 0.2) is 5.75 Å². The van der Waals surface area contributed by atoms with Crippen LogP contribution in [0, 0.1) is 0 Å².